The van der Waals surface area contributed by atoms with Gasteiger partial charge in [-0.05, 0) is 37.8 Å². The van der Waals surface area contributed by atoms with Gasteiger partial charge in [0.25, 0.3) is 0 Å². The van der Waals surface area contributed by atoms with Crippen LogP contribution in [0.25, 0.3) is 5.65 Å². The van der Waals surface area contributed by atoms with Crippen LogP contribution < -0.4 is 10.2 Å². The molecular formula is C16H23N7O. The average Bonchev–Trinajstić information content (AvgIpc) is 3.34. The third-order valence-electron chi connectivity index (χ3n) is 4.69. The Morgan fingerprint density at radius 3 is 2.83 bits per heavy atom. The molecule has 8 nitrogen and oxygen atoms in total. The summed E-state index contributed by atoms with van der Waals surface area (Å²) in [6.45, 7) is 1.73. The highest BCUT2D eigenvalue weighted by Crippen LogP contribution is 2.38. The van der Waals surface area contributed by atoms with E-state index < -0.39 is 0 Å². The maximum absolute atomic E-state index is 11.9. The number of nitrogens with zero attached hydrogens (tertiary/aromatic N) is 6. The van der Waals surface area contributed by atoms with Gasteiger partial charge in [-0.3, -0.25) is 0 Å². The largest absolute Gasteiger partial charge is 0.353 e. The Labute approximate surface area is 140 Å². The van der Waals surface area contributed by atoms with Crippen molar-refractivity contribution in [2.24, 2.45) is 0 Å². The number of fused-ring (bicyclic) bond motifs is 1. The Morgan fingerprint density at radius 2 is 2.08 bits per heavy atom. The van der Waals surface area contributed by atoms with E-state index in [9.17, 15) is 4.79 Å². The van der Waals surface area contributed by atoms with Crippen molar-refractivity contribution in [3.05, 3.63) is 18.0 Å². The fraction of sp³-hybridized carbons (Fsp3) is 0.625. The van der Waals surface area contributed by atoms with Crippen molar-refractivity contribution in [2.45, 2.75) is 37.6 Å². The Hall–Kier alpha value is -2.38. The van der Waals surface area contributed by atoms with Crippen LogP contribution in [0.1, 0.15) is 37.4 Å². The molecule has 1 aliphatic carbocycles. The summed E-state index contributed by atoms with van der Waals surface area (Å²) in [5.74, 6) is 2.41. The van der Waals surface area contributed by atoms with Crippen LogP contribution >= 0.6 is 0 Å². The Morgan fingerprint density at radius 1 is 1.25 bits per heavy atom. The van der Waals surface area contributed by atoms with Gasteiger partial charge in [0.2, 0.25) is 0 Å². The van der Waals surface area contributed by atoms with Crippen LogP contribution in [0.15, 0.2) is 12.1 Å². The summed E-state index contributed by atoms with van der Waals surface area (Å²) < 4.78 is 1.88. The monoisotopic (exact) mass is 329 g/mol. The predicted molar refractivity (Wildman–Crippen MR) is 90.2 cm³/mol. The predicted octanol–water partition coefficient (Wildman–Crippen LogP) is 1.24. The van der Waals surface area contributed by atoms with Gasteiger partial charge in [-0.15, -0.1) is 15.3 Å². The van der Waals surface area contributed by atoms with Gasteiger partial charge in [0.1, 0.15) is 5.82 Å². The van der Waals surface area contributed by atoms with Gasteiger partial charge in [-0.1, -0.05) is 0 Å². The molecule has 1 unspecified atom stereocenters. The highest BCUT2D eigenvalue weighted by molar-refractivity contribution is 5.74. The first kappa shape index (κ1) is 15.2. The molecule has 128 valence electrons. The molecule has 1 aliphatic heterocycles. The number of hydrogen-bond acceptors (Lipinski definition) is 5. The third kappa shape index (κ3) is 2.88. The number of piperidine rings is 1. The van der Waals surface area contributed by atoms with Crippen molar-refractivity contribution in [1.82, 2.24) is 30.0 Å². The summed E-state index contributed by atoms with van der Waals surface area (Å²) in [5.41, 5.74) is 0.801. The smallest absolute Gasteiger partial charge is 0.317 e. The zero-order valence-electron chi connectivity index (χ0n) is 14.1. The summed E-state index contributed by atoms with van der Waals surface area (Å²) >= 11 is 0. The fourth-order valence-corrected chi connectivity index (χ4v) is 3.17. The molecule has 2 fully saturated rings. The molecule has 0 aromatic carbocycles. The standard InChI is InChI=1S/C16H23N7O/c1-21(2)16(24)17-12-4-3-9-22(10-12)14-8-7-13-18-19-15(11-5-6-11)23(13)20-14/h7-8,11-12H,3-6,9-10H2,1-2H3,(H,17,24). The molecule has 24 heavy (non-hydrogen) atoms. The minimum Gasteiger partial charge on any atom is -0.353 e. The molecule has 8 heteroatoms. The van der Waals surface area contributed by atoms with Crippen molar-refractivity contribution in [3.63, 3.8) is 0 Å². The Balaban J connectivity index is 1.53. The molecule has 4 rings (SSSR count). The number of carbonyl (C=O) groups is 1. The second-order valence-electron chi connectivity index (χ2n) is 6.92. The molecule has 2 amide bonds. The molecular weight excluding hydrogens is 306 g/mol. The number of anilines is 1. The second-order valence-corrected chi connectivity index (χ2v) is 6.92. The van der Waals surface area contributed by atoms with Crippen LogP contribution in [0.5, 0.6) is 0 Å². The first-order valence-electron chi connectivity index (χ1n) is 8.57. The quantitative estimate of drug-likeness (QED) is 0.917. The maximum Gasteiger partial charge on any atom is 0.317 e. The van der Waals surface area contributed by atoms with Crippen LogP contribution in [0.3, 0.4) is 0 Å². The summed E-state index contributed by atoms with van der Waals surface area (Å²) in [7, 11) is 3.52. The zero-order chi connectivity index (χ0) is 16.7. The van der Waals surface area contributed by atoms with E-state index in [0.717, 1.165) is 43.2 Å². The van der Waals surface area contributed by atoms with Crippen LogP contribution in [-0.4, -0.2) is 64.0 Å². The summed E-state index contributed by atoms with van der Waals surface area (Å²) in [5, 5.41) is 16.3. The number of aromatic nitrogens is 4. The fourth-order valence-electron chi connectivity index (χ4n) is 3.17. The van der Waals surface area contributed by atoms with E-state index in [1.54, 1.807) is 19.0 Å². The van der Waals surface area contributed by atoms with Gasteiger partial charge < -0.3 is 15.1 Å². The van der Waals surface area contributed by atoms with Gasteiger partial charge in [0.05, 0.1) is 0 Å². The van der Waals surface area contributed by atoms with Gasteiger partial charge in [0.15, 0.2) is 11.5 Å². The van der Waals surface area contributed by atoms with Crippen molar-refractivity contribution >= 4 is 17.5 Å². The minimum absolute atomic E-state index is 0.0416. The highest BCUT2D eigenvalue weighted by Gasteiger charge is 2.30. The first-order valence-corrected chi connectivity index (χ1v) is 8.57. The van der Waals surface area contributed by atoms with Gasteiger partial charge in [0, 0.05) is 39.1 Å². The number of rotatable bonds is 3. The first-order chi connectivity index (χ1) is 11.6. The molecule has 1 N–H and O–H groups in total. The van der Waals surface area contributed by atoms with Gasteiger partial charge >= 0.3 is 6.03 Å². The normalized spacial score (nSPS) is 21.1. The lowest BCUT2D eigenvalue weighted by atomic mass is 10.1. The molecule has 0 bridgehead atoms. The molecule has 2 aliphatic rings. The lowest BCUT2D eigenvalue weighted by Crippen LogP contribution is -2.50. The summed E-state index contributed by atoms with van der Waals surface area (Å²) in [6.07, 6.45) is 4.39. The lowest BCUT2D eigenvalue weighted by Gasteiger charge is -2.34. The maximum atomic E-state index is 11.9. The Bertz CT molecular complexity index is 752. The van der Waals surface area contributed by atoms with Crippen molar-refractivity contribution in [1.29, 1.82) is 0 Å². The molecule has 2 aromatic heterocycles. The number of amides is 2. The molecule has 3 heterocycles. The van der Waals surface area contributed by atoms with Crippen molar-refractivity contribution < 1.29 is 4.79 Å². The molecule has 1 saturated carbocycles. The van der Waals surface area contributed by atoms with E-state index in [1.807, 2.05) is 16.6 Å². The Kier molecular flexibility index (Phi) is 3.74. The van der Waals surface area contributed by atoms with Crippen LogP contribution in [0.4, 0.5) is 10.6 Å². The molecule has 0 spiro atoms. The van der Waals surface area contributed by atoms with Crippen LogP contribution in [0.2, 0.25) is 0 Å². The van der Waals surface area contributed by atoms with Crippen LogP contribution in [0, 0.1) is 0 Å². The van der Waals surface area contributed by atoms with Crippen molar-refractivity contribution in [3.8, 4) is 0 Å². The van der Waals surface area contributed by atoms with E-state index in [-0.39, 0.29) is 12.1 Å². The van der Waals surface area contributed by atoms with E-state index in [4.69, 9.17) is 5.10 Å². The van der Waals surface area contributed by atoms with E-state index in [1.165, 1.54) is 12.8 Å². The average molecular weight is 329 g/mol. The number of nitrogens with one attached hydrogen (secondary N) is 1. The molecule has 2 aromatic rings. The van der Waals surface area contributed by atoms with E-state index in [0.29, 0.717) is 5.92 Å². The van der Waals surface area contributed by atoms with E-state index in [2.05, 4.69) is 20.4 Å². The lowest BCUT2D eigenvalue weighted by molar-refractivity contribution is 0.211. The van der Waals surface area contributed by atoms with Crippen molar-refractivity contribution in [2.75, 3.05) is 32.1 Å². The third-order valence-corrected chi connectivity index (χ3v) is 4.69. The van der Waals surface area contributed by atoms with E-state index >= 15 is 0 Å². The second kappa shape index (κ2) is 5.92. The molecule has 0 radical (unpaired) electrons. The highest BCUT2D eigenvalue weighted by atomic mass is 16.2. The zero-order valence-corrected chi connectivity index (χ0v) is 14.1. The summed E-state index contributed by atoms with van der Waals surface area (Å²) in [6, 6.07) is 4.08. The van der Waals surface area contributed by atoms with Crippen LogP contribution in [-0.2, 0) is 0 Å². The topological polar surface area (TPSA) is 78.7 Å². The summed E-state index contributed by atoms with van der Waals surface area (Å²) in [4.78, 5) is 15.7. The van der Waals surface area contributed by atoms with Gasteiger partial charge in [-0.2, -0.15) is 4.52 Å². The molecule has 1 atom stereocenters. The number of carbonyl (C=O) groups excluding carboxylic acids is 1. The SMILES string of the molecule is CN(C)C(=O)NC1CCCN(c2ccc3nnc(C4CC4)n3n2)C1. The number of urea groups is 1. The minimum atomic E-state index is -0.0416. The number of hydrogen-bond donors (Lipinski definition) is 1. The van der Waals surface area contributed by atoms with Gasteiger partial charge in [-0.25, -0.2) is 4.79 Å². The molecule has 1 saturated heterocycles.